The number of anilines is 3. The first-order chi connectivity index (χ1) is 67.3. The number of aromatic nitrogens is 14. The van der Waals surface area contributed by atoms with Gasteiger partial charge in [-0.1, -0.05) is 23.8 Å². The van der Waals surface area contributed by atoms with Crippen molar-refractivity contribution in [2.45, 2.75) is 224 Å². The number of aliphatic hydroxyl groups excluding tert-OH is 2. The van der Waals surface area contributed by atoms with Crippen molar-refractivity contribution < 1.29 is 80.6 Å². The molecule has 778 valence electrons. The van der Waals surface area contributed by atoms with Gasteiger partial charge < -0.3 is 97.1 Å². The summed E-state index contributed by atoms with van der Waals surface area (Å²) in [5.74, 6) is 5.54. The van der Waals surface area contributed by atoms with Gasteiger partial charge in [-0.2, -0.15) is 0 Å². The predicted octanol–water partition coefficient (Wildman–Crippen LogP) is 16.6. The maximum absolute atomic E-state index is 15.0. The van der Waals surface area contributed by atoms with Crippen LogP contribution in [0.3, 0.4) is 0 Å². The highest BCUT2D eigenvalue weighted by Gasteiger charge is 2.53. The minimum absolute atomic E-state index is 0. The van der Waals surface area contributed by atoms with E-state index in [-0.39, 0.29) is 95.2 Å². The van der Waals surface area contributed by atoms with Crippen LogP contribution in [0.15, 0.2) is 109 Å². The number of aliphatic hydroxyl groups is 2. The predicted molar refractivity (Wildman–Crippen MR) is 548 cm³/mol. The molecule has 0 bridgehead atoms. The Hall–Kier alpha value is -11.1. The van der Waals surface area contributed by atoms with Gasteiger partial charge in [-0.05, 0) is 251 Å². The SMILES string of the molecule is CC(C)(C)OC(=O)N1CC=C(B2OC(C)(C)C(C)(C)O2)CC1.CN(CCO)c1ccc2nc(C3(F)CC3)[nH]c(=O)c2c1.COc1cnc(Cl)nc1C1=CCN(C(=O)OC(C)(C)C)CC1.COc1cnc(Cl)nc1Cl.COc1cncnc1C1CCN(C(=O)OC(C)(C)C)CC1.COc1cncnc1C1CCN(c2nc(C3(F)CC3)nc3ccc(N(C)CCO)cc23)CC1.COc1cncnc1C1CCNCC1.Cl. The van der Waals surface area contributed by atoms with E-state index in [1.54, 1.807) is 92.7 Å². The molecule has 44 heteroatoms. The van der Waals surface area contributed by atoms with Crippen LogP contribution in [-0.4, -0.2) is 289 Å². The van der Waals surface area contributed by atoms with Gasteiger partial charge in [0.05, 0.1) is 124 Å². The number of H-pyrrole nitrogens is 1. The zero-order valence-electron chi connectivity index (χ0n) is 85.3. The number of hydrogen-bond acceptors (Lipinski definition) is 33. The van der Waals surface area contributed by atoms with Gasteiger partial charge in [-0.3, -0.25) is 4.79 Å². The second-order valence-electron chi connectivity index (χ2n) is 39.4. The number of benzene rings is 2. The van der Waals surface area contributed by atoms with Crippen LogP contribution in [0, 0.1) is 0 Å². The van der Waals surface area contributed by atoms with Gasteiger partial charge in [0.15, 0.2) is 51.1 Å². The number of halogens is 6. The third-order valence-corrected chi connectivity index (χ3v) is 25.6. The van der Waals surface area contributed by atoms with E-state index < -0.39 is 28.1 Å². The van der Waals surface area contributed by atoms with E-state index in [4.69, 9.17) is 92.1 Å². The van der Waals surface area contributed by atoms with Gasteiger partial charge in [0.1, 0.15) is 53.1 Å². The number of nitrogens with one attached hydrogen (secondary N) is 2. The van der Waals surface area contributed by atoms with Crippen molar-refractivity contribution in [2.75, 3.05) is 156 Å². The Labute approximate surface area is 856 Å². The van der Waals surface area contributed by atoms with E-state index in [1.807, 2.05) is 150 Å². The zero-order valence-corrected chi connectivity index (χ0v) is 88.4. The summed E-state index contributed by atoms with van der Waals surface area (Å²) in [5, 5.41) is 23.4. The fourth-order valence-corrected chi connectivity index (χ4v) is 16.6. The summed E-state index contributed by atoms with van der Waals surface area (Å²) in [6.07, 6.45) is 24.9. The quantitative estimate of drug-likeness (QED) is 0.0253. The van der Waals surface area contributed by atoms with Crippen LogP contribution in [0.5, 0.6) is 28.7 Å². The molecule has 0 atom stereocenters. The van der Waals surface area contributed by atoms with Crippen molar-refractivity contribution in [3.8, 4) is 28.7 Å². The van der Waals surface area contributed by atoms with E-state index in [2.05, 4.69) is 75.0 Å². The Morgan fingerprint density at radius 3 is 1.37 bits per heavy atom. The second kappa shape index (κ2) is 50.6. The standard InChI is InChI=1S/C24H29FN6O2.C16H28BNO4.C15H20ClN3O3.C15H23N3O3.C14H16FN3O2.C10H15N3O.C5H4Cl2N2O.ClH/c1-30(11-12-32)17-3-4-19-18(13-17)22(29-23(28-19)24(25)7-8-24)31-9-5-16(6-10-31)21-20(33-2)14-26-15-27-21;1-14(2,3)20-13(19)18-10-8-12(9-11-18)17-21-15(4,5)16(6,7)22-17;1-15(2,3)22-14(20)19-7-5-10(6-8-19)12-11(21-4)9-17-13(16)18-12;1-15(2,3)21-14(19)18-7-5-11(6-8-18)13-12(20-4)9-16-10-17-13;1-18(6-7-19)9-2-3-11-10(8-9)12(20)17-13(16-11)14(15)4-5-14;1-14-9-6-12-7-13-10(9)8-2-4-11-5-3-8;1-10-3-2-8-5(7)9-4(3)6;/h3-4,13-16,32H,5-12H2,1-2H3;8H,9-11H2,1-7H3;5,9H,6-8H2,1-4H3;9-11H,5-8H2,1-4H3;2-3,8,19H,4-7H2,1H3,(H,16,17,20);6-8,11H,2-5H2,1H3;2H,1H3;1H. The van der Waals surface area contributed by atoms with Crippen LogP contribution in [-0.2, 0) is 34.9 Å². The number of ether oxygens (including phenoxy) is 8. The molecule has 4 saturated heterocycles. The molecule has 0 radical (unpaired) electrons. The number of piperidine rings is 3. The third-order valence-electron chi connectivity index (χ3n) is 25.0. The summed E-state index contributed by atoms with van der Waals surface area (Å²) in [6, 6.07) is 11.2. The number of aromatic amines is 1. The van der Waals surface area contributed by atoms with Gasteiger partial charge in [0.25, 0.3) is 5.56 Å². The number of carbonyl (C=O) groups is 3. The zero-order chi connectivity index (χ0) is 103. The molecule has 6 aliphatic heterocycles. The molecule has 2 saturated carbocycles. The molecule has 2 aromatic carbocycles. The summed E-state index contributed by atoms with van der Waals surface area (Å²) in [4.78, 5) is 116. The van der Waals surface area contributed by atoms with Crippen molar-refractivity contribution >= 4 is 117 Å². The van der Waals surface area contributed by atoms with Crippen LogP contribution in [0.1, 0.15) is 219 Å². The number of carbonyl (C=O) groups excluding carboxylic acids is 3. The Morgan fingerprint density at radius 2 is 0.944 bits per heavy atom. The first-order valence-electron chi connectivity index (χ1n) is 47.6. The Bertz CT molecular complexity index is 5860. The topological polar surface area (TPSA) is 416 Å². The molecule has 6 fully saturated rings. The average Bonchev–Trinajstić information content (AvgIpc) is 1.63. The van der Waals surface area contributed by atoms with Crippen molar-refractivity contribution in [1.82, 2.24) is 89.8 Å². The summed E-state index contributed by atoms with van der Waals surface area (Å²) < 4.78 is 83.3. The smallest absolute Gasteiger partial charge is 0.490 e. The lowest BCUT2D eigenvalue weighted by molar-refractivity contribution is 0.00578. The molecule has 0 spiro atoms. The molecule has 8 aliphatic rings. The van der Waals surface area contributed by atoms with Crippen LogP contribution in [0.2, 0.25) is 15.7 Å². The van der Waals surface area contributed by atoms with E-state index in [1.165, 1.54) is 19.6 Å². The number of hydrogen-bond donors (Lipinski definition) is 4. The Kier molecular flexibility index (Phi) is 40.3. The Balaban J connectivity index is 0.000000175. The van der Waals surface area contributed by atoms with E-state index in [9.17, 15) is 33.1 Å². The first kappa shape index (κ1) is 114. The summed E-state index contributed by atoms with van der Waals surface area (Å²) >= 11 is 16.8. The minimum atomic E-state index is -1.44. The minimum Gasteiger partial charge on any atom is -0.493 e. The van der Waals surface area contributed by atoms with Crippen LogP contribution < -0.4 is 49.3 Å². The molecule has 2 aliphatic carbocycles. The van der Waals surface area contributed by atoms with Gasteiger partial charge in [-0.15, -0.1) is 12.4 Å². The number of amides is 3. The first-order valence-corrected chi connectivity index (χ1v) is 48.8. The lowest BCUT2D eigenvalue weighted by Crippen LogP contribution is -2.41. The third kappa shape index (κ3) is 31.7. The lowest BCUT2D eigenvalue weighted by atomic mass is 9.75. The lowest BCUT2D eigenvalue weighted by Gasteiger charge is -2.34. The average molecular weight is 2070 g/mol. The molecule has 13 heterocycles. The summed E-state index contributed by atoms with van der Waals surface area (Å²) in [6.45, 7) is 33.3. The number of rotatable bonds is 19. The maximum Gasteiger partial charge on any atom is 0.490 e. The highest BCUT2D eigenvalue weighted by molar-refractivity contribution is 6.54. The van der Waals surface area contributed by atoms with Crippen molar-refractivity contribution in [3.63, 3.8) is 0 Å². The fourth-order valence-electron chi connectivity index (χ4n) is 16.0. The number of alkyl halides is 2. The van der Waals surface area contributed by atoms with Gasteiger partial charge in [-0.25, -0.2) is 88.0 Å². The van der Waals surface area contributed by atoms with Gasteiger partial charge in [0.2, 0.25) is 10.6 Å². The van der Waals surface area contributed by atoms with Gasteiger partial charge >= 0.3 is 25.4 Å². The molecule has 0 unspecified atom stereocenters. The number of methoxy groups -OCH3 is 5. The second-order valence-corrected chi connectivity index (χ2v) is 40.4. The van der Waals surface area contributed by atoms with Gasteiger partial charge in [0, 0.05) is 114 Å². The fraction of sp³-hybridized carbons (Fsp3) is 0.566. The van der Waals surface area contributed by atoms with Crippen LogP contribution >= 0.6 is 47.2 Å². The monoisotopic (exact) mass is 2060 g/mol. The molecule has 17 rings (SSSR count). The van der Waals surface area contributed by atoms with Crippen LogP contribution in [0.25, 0.3) is 27.4 Å². The molecular formula is C99H136BCl4F2N21O16. The summed E-state index contributed by atoms with van der Waals surface area (Å²) in [7, 11) is 11.4. The molecule has 9 aromatic rings. The largest absolute Gasteiger partial charge is 0.493 e. The number of fused-ring (bicyclic) bond motifs is 2. The molecule has 7 aromatic heterocycles. The van der Waals surface area contributed by atoms with Crippen molar-refractivity contribution in [1.29, 1.82) is 0 Å². The number of likely N-dealkylation sites (N-methyl/N-ethyl adjacent to an activating group) is 2. The van der Waals surface area contributed by atoms with E-state index >= 15 is 0 Å². The van der Waals surface area contributed by atoms with E-state index in [0.717, 1.165) is 139 Å². The maximum atomic E-state index is 15.0. The normalized spacial score (nSPS) is 17.4. The molecule has 37 nitrogen and oxygen atoms in total. The molecule has 143 heavy (non-hydrogen) atoms. The van der Waals surface area contributed by atoms with Crippen LogP contribution in [0.4, 0.5) is 40.4 Å². The molecule has 4 N–H and O–H groups in total. The summed E-state index contributed by atoms with van der Waals surface area (Å²) in [5.41, 5.74) is 3.47. The number of nitrogens with zero attached hydrogens (tertiary/aromatic N) is 19. The molecular weight excluding hydrogens is 1930 g/mol. The number of likely N-dealkylation sites (tertiary alicyclic amines) is 1. The highest BCUT2D eigenvalue weighted by atomic mass is 35.5. The van der Waals surface area contributed by atoms with Crippen molar-refractivity contribution in [2.24, 2.45) is 0 Å². The highest BCUT2D eigenvalue weighted by Crippen LogP contribution is 2.51. The molecule has 3 amide bonds. The van der Waals surface area contributed by atoms with Crippen molar-refractivity contribution in [3.05, 3.63) is 164 Å². The van der Waals surface area contributed by atoms with E-state index in [0.29, 0.717) is 136 Å². The Morgan fingerprint density at radius 1 is 0.517 bits per heavy atom.